The van der Waals surface area contributed by atoms with Crippen LogP contribution in [0.15, 0.2) is 72.1 Å². The molecular weight excluding hydrogens is 454 g/mol. The number of fused-ring (bicyclic) bond motifs is 2. The summed E-state index contributed by atoms with van der Waals surface area (Å²) in [6, 6.07) is 9.74. The van der Waals surface area contributed by atoms with Crippen molar-refractivity contribution in [2.75, 3.05) is 5.32 Å². The van der Waals surface area contributed by atoms with E-state index in [-0.39, 0.29) is 11.8 Å². The molecule has 1 amide bonds. The Hall–Kier alpha value is -4.79. The van der Waals surface area contributed by atoms with Crippen LogP contribution in [-0.2, 0) is 4.79 Å². The third kappa shape index (κ3) is 4.00. The Morgan fingerprint density at radius 1 is 1.00 bits per heavy atom. The van der Waals surface area contributed by atoms with Crippen molar-refractivity contribution in [3.63, 3.8) is 0 Å². The third-order valence-electron chi connectivity index (χ3n) is 5.96. The van der Waals surface area contributed by atoms with Crippen molar-refractivity contribution in [1.29, 1.82) is 0 Å². The lowest BCUT2D eigenvalue weighted by molar-refractivity contribution is -0.116. The van der Waals surface area contributed by atoms with Crippen molar-refractivity contribution < 1.29 is 9.21 Å². The van der Waals surface area contributed by atoms with Crippen LogP contribution in [0, 0.1) is 5.92 Å². The van der Waals surface area contributed by atoms with Crippen molar-refractivity contribution in [1.82, 2.24) is 30.1 Å². The fourth-order valence-corrected chi connectivity index (χ4v) is 4.32. The molecule has 6 aromatic rings. The van der Waals surface area contributed by atoms with Gasteiger partial charge in [0.2, 0.25) is 5.91 Å². The fourth-order valence-electron chi connectivity index (χ4n) is 4.32. The van der Waals surface area contributed by atoms with Gasteiger partial charge in [0.1, 0.15) is 5.69 Å². The maximum atomic E-state index is 12.2. The summed E-state index contributed by atoms with van der Waals surface area (Å²) in [5, 5.41) is 12.5. The molecule has 0 atom stereocenters. The van der Waals surface area contributed by atoms with Crippen LogP contribution in [0.1, 0.15) is 20.3 Å². The summed E-state index contributed by atoms with van der Waals surface area (Å²) in [4.78, 5) is 29.1. The first-order valence-electron chi connectivity index (χ1n) is 11.7. The largest absolute Gasteiger partial charge is 0.472 e. The zero-order valence-electron chi connectivity index (χ0n) is 19.7. The summed E-state index contributed by atoms with van der Waals surface area (Å²) in [5.41, 5.74) is 7.33. The third-order valence-corrected chi connectivity index (χ3v) is 5.96. The molecule has 0 saturated carbocycles. The van der Waals surface area contributed by atoms with E-state index in [1.807, 2.05) is 44.2 Å². The number of pyridine rings is 3. The van der Waals surface area contributed by atoms with Crippen LogP contribution in [0.5, 0.6) is 0 Å². The number of furan rings is 1. The number of aromatic nitrogens is 6. The van der Waals surface area contributed by atoms with Crippen molar-refractivity contribution in [3.05, 3.63) is 67.6 Å². The quantitative estimate of drug-likeness (QED) is 0.278. The highest BCUT2D eigenvalue weighted by atomic mass is 16.3. The van der Waals surface area contributed by atoms with Crippen LogP contribution in [0.4, 0.5) is 5.69 Å². The minimum atomic E-state index is -0.0347. The number of amides is 1. The zero-order chi connectivity index (χ0) is 24.6. The van der Waals surface area contributed by atoms with E-state index in [4.69, 9.17) is 4.42 Å². The Labute approximate surface area is 206 Å². The van der Waals surface area contributed by atoms with Gasteiger partial charge in [0, 0.05) is 46.2 Å². The SMILES string of the molecule is CC(C)CC(=O)Nc1cncc(-c2cc3c(-c4cc5c(-c6ccoc6)nccc5[nH]4)n[nH]c3cn2)c1. The minimum Gasteiger partial charge on any atom is -0.472 e. The number of nitrogens with one attached hydrogen (secondary N) is 3. The molecule has 0 aliphatic carbocycles. The van der Waals surface area contributed by atoms with Crippen molar-refractivity contribution in [2.45, 2.75) is 20.3 Å². The number of anilines is 1. The Bertz CT molecular complexity index is 1700. The van der Waals surface area contributed by atoms with E-state index in [9.17, 15) is 4.79 Å². The molecule has 0 saturated heterocycles. The molecule has 9 nitrogen and oxygen atoms in total. The lowest BCUT2D eigenvalue weighted by atomic mass is 10.1. The van der Waals surface area contributed by atoms with Gasteiger partial charge in [-0.1, -0.05) is 13.8 Å². The van der Waals surface area contributed by atoms with E-state index in [0.717, 1.165) is 55.7 Å². The summed E-state index contributed by atoms with van der Waals surface area (Å²) >= 11 is 0. The monoisotopic (exact) mass is 477 g/mol. The number of nitrogens with zero attached hydrogens (tertiary/aromatic N) is 4. The van der Waals surface area contributed by atoms with E-state index < -0.39 is 0 Å². The normalized spacial score (nSPS) is 11.5. The van der Waals surface area contributed by atoms with Gasteiger partial charge in [0.25, 0.3) is 0 Å². The second-order valence-corrected chi connectivity index (χ2v) is 9.11. The van der Waals surface area contributed by atoms with Crippen LogP contribution in [-0.4, -0.2) is 36.0 Å². The van der Waals surface area contributed by atoms with Crippen LogP contribution in [0.2, 0.25) is 0 Å². The van der Waals surface area contributed by atoms with Crippen LogP contribution >= 0.6 is 0 Å². The Morgan fingerprint density at radius 2 is 1.89 bits per heavy atom. The number of rotatable bonds is 6. The summed E-state index contributed by atoms with van der Waals surface area (Å²) in [6.45, 7) is 4.02. The van der Waals surface area contributed by atoms with Gasteiger partial charge in [0.15, 0.2) is 0 Å². The van der Waals surface area contributed by atoms with E-state index >= 15 is 0 Å². The molecule has 9 heteroatoms. The highest BCUT2D eigenvalue weighted by Gasteiger charge is 2.16. The van der Waals surface area contributed by atoms with Crippen LogP contribution < -0.4 is 5.32 Å². The molecule has 6 rings (SSSR count). The minimum absolute atomic E-state index is 0.0347. The summed E-state index contributed by atoms with van der Waals surface area (Å²) in [7, 11) is 0. The van der Waals surface area contributed by atoms with Gasteiger partial charge >= 0.3 is 0 Å². The zero-order valence-corrected chi connectivity index (χ0v) is 19.7. The first-order valence-corrected chi connectivity index (χ1v) is 11.7. The van der Waals surface area contributed by atoms with Gasteiger partial charge in [-0.25, -0.2) is 0 Å². The molecule has 0 bridgehead atoms. The summed E-state index contributed by atoms with van der Waals surface area (Å²) in [6.07, 6.45) is 10.7. The van der Waals surface area contributed by atoms with Crippen molar-refractivity contribution >= 4 is 33.4 Å². The number of carbonyl (C=O) groups is 1. The van der Waals surface area contributed by atoms with E-state index in [1.165, 1.54) is 0 Å². The first kappa shape index (κ1) is 21.7. The number of hydrogen-bond acceptors (Lipinski definition) is 6. The second kappa shape index (κ2) is 8.77. The molecule has 0 spiro atoms. The maximum absolute atomic E-state index is 12.2. The number of aromatic amines is 2. The highest BCUT2D eigenvalue weighted by molar-refractivity contribution is 6.00. The average molecular weight is 478 g/mol. The van der Waals surface area contributed by atoms with Gasteiger partial charge in [-0.15, -0.1) is 0 Å². The molecule has 6 aromatic heterocycles. The standard InChI is InChI=1S/C27H23N7O2/c1-15(2)7-25(35)31-18-8-17(11-28-12-18)22-9-20-24(13-30-22)33-34-27(20)23-10-19-21(32-23)3-5-29-26(19)16-4-6-36-14-16/h3-6,8-15,32H,7H2,1-2H3,(H,31,35)(H,33,34). The van der Waals surface area contributed by atoms with Crippen molar-refractivity contribution in [3.8, 4) is 33.9 Å². The molecule has 0 unspecified atom stereocenters. The molecule has 6 heterocycles. The van der Waals surface area contributed by atoms with Gasteiger partial charge in [-0.2, -0.15) is 5.10 Å². The molecular formula is C27H23N7O2. The molecule has 0 fully saturated rings. The lowest BCUT2D eigenvalue weighted by Crippen LogP contribution is -2.13. The molecule has 0 radical (unpaired) electrons. The van der Waals surface area contributed by atoms with Crippen LogP contribution in [0.25, 0.3) is 55.7 Å². The number of hydrogen-bond donors (Lipinski definition) is 3. The van der Waals surface area contributed by atoms with E-state index in [1.54, 1.807) is 37.3 Å². The van der Waals surface area contributed by atoms with Gasteiger partial charge < -0.3 is 14.7 Å². The second-order valence-electron chi connectivity index (χ2n) is 9.11. The highest BCUT2D eigenvalue weighted by Crippen LogP contribution is 2.34. The van der Waals surface area contributed by atoms with Crippen LogP contribution in [0.3, 0.4) is 0 Å². The molecule has 0 aromatic carbocycles. The number of H-pyrrole nitrogens is 2. The Morgan fingerprint density at radius 3 is 2.72 bits per heavy atom. The number of carbonyl (C=O) groups excluding carboxylic acids is 1. The molecule has 0 aliphatic rings. The summed E-state index contributed by atoms with van der Waals surface area (Å²) in [5.74, 6) is 0.244. The summed E-state index contributed by atoms with van der Waals surface area (Å²) < 4.78 is 5.25. The van der Waals surface area contributed by atoms with Gasteiger partial charge in [0.05, 0.1) is 53.2 Å². The smallest absolute Gasteiger partial charge is 0.224 e. The predicted molar refractivity (Wildman–Crippen MR) is 138 cm³/mol. The average Bonchev–Trinajstić information content (AvgIpc) is 3.62. The van der Waals surface area contributed by atoms with E-state index in [0.29, 0.717) is 12.1 Å². The topological polar surface area (TPSA) is 125 Å². The molecule has 36 heavy (non-hydrogen) atoms. The molecule has 0 aliphatic heterocycles. The lowest BCUT2D eigenvalue weighted by Gasteiger charge is -2.08. The Balaban J connectivity index is 1.38. The Kier molecular flexibility index (Phi) is 5.29. The van der Waals surface area contributed by atoms with Gasteiger partial charge in [-0.3, -0.25) is 24.8 Å². The van der Waals surface area contributed by atoms with Crippen molar-refractivity contribution in [2.24, 2.45) is 5.92 Å². The molecule has 3 N–H and O–H groups in total. The van der Waals surface area contributed by atoms with Gasteiger partial charge in [-0.05, 0) is 36.2 Å². The van der Waals surface area contributed by atoms with E-state index in [2.05, 4.69) is 35.5 Å². The first-order chi connectivity index (χ1) is 17.5. The molecule has 178 valence electrons. The maximum Gasteiger partial charge on any atom is 0.224 e. The predicted octanol–water partition coefficient (Wildman–Crippen LogP) is 5.81. The fraction of sp³-hybridized carbons (Fsp3) is 0.148.